The Balaban J connectivity index is 1.80. The molecule has 2 heterocycles. The molecule has 0 atom stereocenters. The number of methoxy groups -OCH3 is 1. The predicted octanol–water partition coefficient (Wildman–Crippen LogP) is 4.13. The van der Waals surface area contributed by atoms with E-state index in [0.717, 1.165) is 48.7 Å². The summed E-state index contributed by atoms with van der Waals surface area (Å²) in [5.74, 6) is 0.239. The molecule has 1 aromatic heterocycles. The molecular weight excluding hydrogens is 361 g/mol. The molecule has 0 N–H and O–H groups in total. The van der Waals surface area contributed by atoms with Gasteiger partial charge in [0.1, 0.15) is 18.3 Å². The molecule has 1 aliphatic rings. The lowest BCUT2D eigenvalue weighted by Crippen LogP contribution is -2.22. The van der Waals surface area contributed by atoms with Gasteiger partial charge in [0.05, 0.1) is 23.7 Å². The first-order valence-corrected chi connectivity index (χ1v) is 13.6. The van der Waals surface area contributed by atoms with Crippen LogP contribution in [0.1, 0.15) is 18.5 Å². The summed E-state index contributed by atoms with van der Waals surface area (Å²) in [7, 11) is 0.448. The number of hydrogen-bond acceptors (Lipinski definition) is 4. The van der Waals surface area contributed by atoms with Crippen LogP contribution in [-0.4, -0.2) is 56.1 Å². The van der Waals surface area contributed by atoms with Gasteiger partial charge in [-0.1, -0.05) is 19.6 Å². The number of likely N-dealkylation sites (tertiary alicyclic amines) is 1. The Hall–Kier alpha value is -1.44. The van der Waals surface area contributed by atoms with Crippen molar-refractivity contribution in [2.75, 3.05) is 33.4 Å². The zero-order valence-electron chi connectivity index (χ0n) is 17.1. The highest BCUT2D eigenvalue weighted by Gasteiger charge is 2.19. The van der Waals surface area contributed by atoms with Crippen LogP contribution in [0.25, 0.3) is 10.9 Å². The van der Waals surface area contributed by atoms with Crippen molar-refractivity contribution in [1.82, 2.24) is 14.7 Å². The maximum atomic E-state index is 14.1. The van der Waals surface area contributed by atoms with Gasteiger partial charge < -0.3 is 14.4 Å². The van der Waals surface area contributed by atoms with Gasteiger partial charge in [0.2, 0.25) is 0 Å². The Labute approximate surface area is 162 Å². The third-order valence-electron chi connectivity index (χ3n) is 5.15. The maximum Gasteiger partial charge on any atom is 0.140 e. The van der Waals surface area contributed by atoms with E-state index in [-0.39, 0.29) is 5.82 Å². The van der Waals surface area contributed by atoms with E-state index in [1.807, 2.05) is 0 Å². The molecular formula is C20H32FN3O2Si. The molecule has 0 radical (unpaired) electrons. The Kier molecular flexibility index (Phi) is 6.55. The molecule has 1 aliphatic heterocycles. The molecule has 0 aliphatic carbocycles. The van der Waals surface area contributed by atoms with E-state index in [2.05, 4.69) is 24.5 Å². The van der Waals surface area contributed by atoms with Gasteiger partial charge in [-0.3, -0.25) is 0 Å². The van der Waals surface area contributed by atoms with Crippen LogP contribution in [0.3, 0.4) is 0 Å². The summed E-state index contributed by atoms with van der Waals surface area (Å²) in [6.45, 7) is 11.3. The first-order valence-electron chi connectivity index (χ1n) is 9.90. The molecule has 2 aromatic rings. The second-order valence-electron chi connectivity index (χ2n) is 8.60. The summed E-state index contributed by atoms with van der Waals surface area (Å²) in [6.07, 6.45) is 3.38. The first-order chi connectivity index (χ1) is 12.9. The molecule has 1 fully saturated rings. The second-order valence-corrected chi connectivity index (χ2v) is 14.2. The minimum Gasteiger partial charge on any atom is -0.496 e. The van der Waals surface area contributed by atoms with E-state index in [4.69, 9.17) is 14.6 Å². The zero-order chi connectivity index (χ0) is 19.4. The van der Waals surface area contributed by atoms with Crippen molar-refractivity contribution in [3.63, 3.8) is 0 Å². The van der Waals surface area contributed by atoms with Crippen LogP contribution in [0.4, 0.5) is 4.39 Å². The number of nitrogens with zero attached hydrogens (tertiary/aromatic N) is 3. The third kappa shape index (κ3) is 5.30. The monoisotopic (exact) mass is 393 g/mol. The van der Waals surface area contributed by atoms with E-state index in [0.29, 0.717) is 19.1 Å². The summed E-state index contributed by atoms with van der Waals surface area (Å²) in [4.78, 5) is 2.46. The highest BCUT2D eigenvalue weighted by atomic mass is 28.3. The molecule has 150 valence electrons. The van der Waals surface area contributed by atoms with Crippen molar-refractivity contribution in [3.05, 3.63) is 23.6 Å². The van der Waals surface area contributed by atoms with Gasteiger partial charge in [0.15, 0.2) is 0 Å². The Bertz CT molecular complexity index is 767. The standard InChI is InChI=1S/C20H32FN3O2Si/c1-25-19-14-16(21)13-18-20(19)17(7-10-23-8-5-6-9-23)22-24(18)15-26-11-12-27(2,3)4/h13-14H,5-12,15H2,1-4H3. The molecule has 3 rings (SSSR count). The zero-order valence-corrected chi connectivity index (χ0v) is 18.1. The largest absolute Gasteiger partial charge is 0.496 e. The Morgan fingerprint density at radius 2 is 1.93 bits per heavy atom. The van der Waals surface area contributed by atoms with Crippen LogP contribution < -0.4 is 4.74 Å². The van der Waals surface area contributed by atoms with Crippen molar-refractivity contribution in [1.29, 1.82) is 0 Å². The van der Waals surface area contributed by atoms with Gasteiger partial charge in [-0.05, 0) is 32.0 Å². The Morgan fingerprint density at radius 1 is 1.19 bits per heavy atom. The van der Waals surface area contributed by atoms with Crippen molar-refractivity contribution in [2.24, 2.45) is 0 Å². The van der Waals surface area contributed by atoms with Crippen molar-refractivity contribution < 1.29 is 13.9 Å². The van der Waals surface area contributed by atoms with Gasteiger partial charge in [0, 0.05) is 39.8 Å². The normalized spacial score (nSPS) is 15.7. The van der Waals surface area contributed by atoms with Crippen LogP contribution in [0.2, 0.25) is 25.7 Å². The van der Waals surface area contributed by atoms with E-state index in [1.54, 1.807) is 11.8 Å². The van der Waals surface area contributed by atoms with Crippen LogP contribution in [0.5, 0.6) is 5.75 Å². The molecule has 0 amide bonds. The molecule has 5 nitrogen and oxygen atoms in total. The number of halogens is 1. The molecule has 1 aromatic carbocycles. The fourth-order valence-corrected chi connectivity index (χ4v) is 4.30. The van der Waals surface area contributed by atoms with Gasteiger partial charge >= 0.3 is 0 Å². The topological polar surface area (TPSA) is 39.5 Å². The number of aromatic nitrogens is 2. The summed E-state index contributed by atoms with van der Waals surface area (Å²) < 4.78 is 27.2. The number of benzene rings is 1. The molecule has 27 heavy (non-hydrogen) atoms. The van der Waals surface area contributed by atoms with Crippen molar-refractivity contribution in [2.45, 2.75) is 51.7 Å². The highest BCUT2D eigenvalue weighted by molar-refractivity contribution is 6.76. The van der Waals surface area contributed by atoms with Crippen LogP contribution >= 0.6 is 0 Å². The van der Waals surface area contributed by atoms with E-state index < -0.39 is 8.07 Å². The summed E-state index contributed by atoms with van der Waals surface area (Å²) in [6, 6.07) is 4.08. The lowest BCUT2D eigenvalue weighted by Gasteiger charge is -2.15. The smallest absolute Gasteiger partial charge is 0.140 e. The molecule has 1 saturated heterocycles. The average Bonchev–Trinajstić information content (AvgIpc) is 3.23. The van der Waals surface area contributed by atoms with Crippen molar-refractivity contribution >= 4 is 19.0 Å². The van der Waals surface area contributed by atoms with Crippen LogP contribution in [-0.2, 0) is 17.9 Å². The molecule has 0 saturated carbocycles. The van der Waals surface area contributed by atoms with Crippen LogP contribution in [0.15, 0.2) is 12.1 Å². The SMILES string of the molecule is COc1cc(F)cc2c1c(CCN1CCCC1)nn2COCC[Si](C)(C)C. The van der Waals surface area contributed by atoms with Gasteiger partial charge in [-0.2, -0.15) is 5.10 Å². The molecule has 7 heteroatoms. The highest BCUT2D eigenvalue weighted by Crippen LogP contribution is 2.31. The molecule has 0 spiro atoms. The first kappa shape index (κ1) is 20.3. The number of rotatable bonds is 9. The average molecular weight is 394 g/mol. The summed E-state index contributed by atoms with van der Waals surface area (Å²) in [5.41, 5.74) is 1.71. The van der Waals surface area contributed by atoms with Crippen molar-refractivity contribution in [3.8, 4) is 5.75 Å². The second kappa shape index (κ2) is 8.71. The Morgan fingerprint density at radius 3 is 2.59 bits per heavy atom. The lowest BCUT2D eigenvalue weighted by atomic mass is 10.1. The van der Waals surface area contributed by atoms with E-state index in [9.17, 15) is 4.39 Å². The fourth-order valence-electron chi connectivity index (χ4n) is 3.55. The predicted molar refractivity (Wildman–Crippen MR) is 110 cm³/mol. The quantitative estimate of drug-likeness (QED) is 0.474. The number of hydrogen-bond donors (Lipinski definition) is 0. The van der Waals surface area contributed by atoms with Gasteiger partial charge in [-0.25, -0.2) is 9.07 Å². The minimum atomic E-state index is -1.14. The number of ether oxygens (including phenoxy) is 2. The fraction of sp³-hybridized carbons (Fsp3) is 0.650. The maximum absolute atomic E-state index is 14.1. The van der Waals surface area contributed by atoms with E-state index >= 15 is 0 Å². The van der Waals surface area contributed by atoms with E-state index in [1.165, 1.54) is 25.0 Å². The van der Waals surface area contributed by atoms with Crippen LogP contribution in [0, 0.1) is 5.82 Å². The summed E-state index contributed by atoms with van der Waals surface area (Å²) in [5, 5.41) is 5.67. The lowest BCUT2D eigenvalue weighted by molar-refractivity contribution is 0.0813. The van der Waals surface area contributed by atoms with Gasteiger partial charge in [0.25, 0.3) is 0 Å². The van der Waals surface area contributed by atoms with Gasteiger partial charge in [-0.15, -0.1) is 0 Å². The number of fused-ring (bicyclic) bond motifs is 1. The molecule has 0 bridgehead atoms. The molecule has 0 unspecified atom stereocenters. The minimum absolute atomic E-state index is 0.311. The third-order valence-corrected chi connectivity index (χ3v) is 6.85. The summed E-state index contributed by atoms with van der Waals surface area (Å²) >= 11 is 0.